The molecule has 1 aliphatic rings. The second kappa shape index (κ2) is 8.85. The molecule has 0 bridgehead atoms. The summed E-state index contributed by atoms with van der Waals surface area (Å²) in [5, 5.41) is 16.7. The number of hydrogen-bond donors (Lipinski definition) is 5. The summed E-state index contributed by atoms with van der Waals surface area (Å²) in [6.45, 7) is 8.50. The number of allylic oxidation sites excluding steroid dienone is 2. The minimum absolute atomic E-state index is 0.118. The summed E-state index contributed by atoms with van der Waals surface area (Å²) in [5.41, 5.74) is 4.70. The van der Waals surface area contributed by atoms with E-state index in [1.165, 1.54) is 0 Å². The highest BCUT2D eigenvalue weighted by Gasteiger charge is 2.33. The number of phenolic OH excluding ortho intramolecular Hbond substituents is 1. The number of benzene rings is 2. The van der Waals surface area contributed by atoms with Crippen LogP contribution in [0.2, 0.25) is 0 Å². The Balaban J connectivity index is 1.27. The van der Waals surface area contributed by atoms with Gasteiger partial charge in [0.25, 0.3) is 11.8 Å². The summed E-state index contributed by atoms with van der Waals surface area (Å²) in [5.74, 6) is -0.208. The molecule has 0 fully saturated rings. The number of hydrogen-bond acceptors (Lipinski definition) is 3. The minimum atomic E-state index is -0.278. The molecule has 8 heteroatoms. The van der Waals surface area contributed by atoms with Gasteiger partial charge in [-0.3, -0.25) is 9.59 Å². The molecule has 8 nitrogen and oxygen atoms in total. The number of carbonyl (C=O) groups excluding carboxylic acids is 2. The van der Waals surface area contributed by atoms with E-state index < -0.39 is 0 Å². The van der Waals surface area contributed by atoms with Crippen molar-refractivity contribution in [2.45, 2.75) is 19.8 Å². The molecule has 2 amide bonds. The van der Waals surface area contributed by atoms with Crippen LogP contribution in [0.15, 0.2) is 60.8 Å². The predicted molar refractivity (Wildman–Crippen MR) is 151 cm³/mol. The van der Waals surface area contributed by atoms with Gasteiger partial charge in [-0.15, -0.1) is 0 Å². The van der Waals surface area contributed by atoms with Crippen molar-refractivity contribution in [1.82, 2.24) is 15.0 Å². The Hall–Kier alpha value is -4.98. The number of carbonyl (C=O) groups is 2. The fourth-order valence-corrected chi connectivity index (χ4v) is 5.27. The molecular formula is C30H27N5O3. The number of phenols is 1. The normalized spacial score (nSPS) is 15.7. The lowest BCUT2D eigenvalue weighted by Gasteiger charge is -2.17. The van der Waals surface area contributed by atoms with Gasteiger partial charge < -0.3 is 30.3 Å². The topological polar surface area (TPSA) is 117 Å². The molecule has 0 saturated heterocycles. The molecule has 0 aliphatic carbocycles. The van der Waals surface area contributed by atoms with E-state index in [1.54, 1.807) is 35.4 Å². The Bertz CT molecular complexity index is 1890. The van der Waals surface area contributed by atoms with Crippen LogP contribution in [0, 0.1) is 0 Å². The number of anilines is 2. The van der Waals surface area contributed by atoms with E-state index in [9.17, 15) is 14.7 Å². The molecule has 0 radical (unpaired) electrons. The number of amides is 2. The molecular weight excluding hydrogens is 478 g/mol. The maximum atomic E-state index is 13.6. The zero-order valence-corrected chi connectivity index (χ0v) is 21.1. The standard InChI is InChI=1S/C30H27N5O3/c1-4-5-6-21-16(2)11-23(33-21)29(37)32-19-7-8-22-18(12-19)13-24(34-22)30(38)35-15-17(3)27-20-9-10-31-28(20)26(36)14-25(27)35/h4-14,17,31,33-34,36H,2,15H2,1,3H3,(H,32,37)/b5-4-,21-6+. The number of nitrogens with one attached hydrogen (secondary N) is 4. The third-order valence-corrected chi connectivity index (χ3v) is 7.07. The van der Waals surface area contributed by atoms with Gasteiger partial charge in [0, 0.05) is 52.1 Å². The lowest BCUT2D eigenvalue weighted by Crippen LogP contribution is -2.29. The number of rotatable bonds is 4. The molecule has 1 atom stereocenters. The molecule has 38 heavy (non-hydrogen) atoms. The summed E-state index contributed by atoms with van der Waals surface area (Å²) in [4.78, 5) is 37.5. The average molecular weight is 506 g/mol. The van der Waals surface area contributed by atoms with Crippen molar-refractivity contribution in [3.8, 4) is 5.75 Å². The Kier molecular flexibility index (Phi) is 5.45. The maximum Gasteiger partial charge on any atom is 0.274 e. The molecule has 0 spiro atoms. The van der Waals surface area contributed by atoms with Crippen LogP contribution in [-0.2, 0) is 0 Å². The molecule has 1 unspecified atom stereocenters. The summed E-state index contributed by atoms with van der Waals surface area (Å²) in [6, 6.07) is 12.6. The monoisotopic (exact) mass is 505 g/mol. The summed E-state index contributed by atoms with van der Waals surface area (Å²) >= 11 is 0. The number of aromatic nitrogens is 3. The summed E-state index contributed by atoms with van der Waals surface area (Å²) < 4.78 is 0. The highest BCUT2D eigenvalue weighted by Crippen LogP contribution is 2.44. The van der Waals surface area contributed by atoms with Crippen LogP contribution in [0.25, 0.3) is 34.5 Å². The van der Waals surface area contributed by atoms with Crippen molar-refractivity contribution in [2.75, 3.05) is 16.8 Å². The molecule has 6 rings (SSSR count). The Morgan fingerprint density at radius 2 is 1.97 bits per heavy atom. The van der Waals surface area contributed by atoms with Crippen LogP contribution in [0.1, 0.15) is 46.3 Å². The van der Waals surface area contributed by atoms with Crippen LogP contribution in [0.4, 0.5) is 11.4 Å². The first-order valence-electron chi connectivity index (χ1n) is 12.4. The second-order valence-corrected chi connectivity index (χ2v) is 9.67. The maximum absolute atomic E-state index is 13.6. The van der Waals surface area contributed by atoms with Crippen molar-refractivity contribution in [3.63, 3.8) is 0 Å². The average Bonchev–Trinajstić information content (AvgIpc) is 3.67. The van der Waals surface area contributed by atoms with Crippen molar-refractivity contribution in [1.29, 1.82) is 0 Å². The third-order valence-electron chi connectivity index (χ3n) is 7.07. The van der Waals surface area contributed by atoms with Crippen LogP contribution in [-0.4, -0.2) is 38.4 Å². The van der Waals surface area contributed by atoms with E-state index in [0.717, 1.165) is 38.1 Å². The summed E-state index contributed by atoms with van der Waals surface area (Å²) in [6.07, 6.45) is 7.45. The fourth-order valence-electron chi connectivity index (χ4n) is 5.27. The smallest absolute Gasteiger partial charge is 0.274 e. The minimum Gasteiger partial charge on any atom is -0.506 e. The number of aromatic hydroxyl groups is 1. The van der Waals surface area contributed by atoms with E-state index in [2.05, 4.69) is 33.8 Å². The molecule has 5 N–H and O–H groups in total. The highest BCUT2D eigenvalue weighted by molar-refractivity contribution is 6.11. The highest BCUT2D eigenvalue weighted by atomic mass is 16.3. The van der Waals surface area contributed by atoms with E-state index >= 15 is 0 Å². The largest absolute Gasteiger partial charge is 0.506 e. The third kappa shape index (κ3) is 3.78. The van der Waals surface area contributed by atoms with Crippen LogP contribution >= 0.6 is 0 Å². The molecule has 5 aromatic rings. The van der Waals surface area contributed by atoms with Gasteiger partial charge in [-0.2, -0.15) is 0 Å². The first kappa shape index (κ1) is 23.4. The lowest BCUT2D eigenvalue weighted by atomic mass is 9.99. The number of H-pyrrole nitrogens is 3. The first-order chi connectivity index (χ1) is 18.3. The van der Waals surface area contributed by atoms with Crippen molar-refractivity contribution in [2.24, 2.45) is 0 Å². The van der Waals surface area contributed by atoms with Gasteiger partial charge in [-0.25, -0.2) is 0 Å². The van der Waals surface area contributed by atoms with Crippen molar-refractivity contribution >= 4 is 57.6 Å². The Morgan fingerprint density at radius 1 is 1.13 bits per heavy atom. The number of nitrogens with zero attached hydrogens (tertiary/aromatic N) is 1. The van der Waals surface area contributed by atoms with Gasteiger partial charge in [0.05, 0.1) is 11.2 Å². The molecule has 3 aromatic heterocycles. The van der Waals surface area contributed by atoms with Crippen molar-refractivity contribution < 1.29 is 14.7 Å². The van der Waals surface area contributed by atoms with Crippen LogP contribution in [0.5, 0.6) is 5.75 Å². The lowest BCUT2D eigenvalue weighted by molar-refractivity contribution is 0.0982. The molecule has 2 aromatic carbocycles. The zero-order valence-electron chi connectivity index (χ0n) is 21.1. The van der Waals surface area contributed by atoms with Gasteiger partial charge in [0.15, 0.2) is 0 Å². The number of fused-ring (bicyclic) bond motifs is 4. The molecule has 4 heterocycles. The van der Waals surface area contributed by atoms with E-state index in [0.29, 0.717) is 29.1 Å². The van der Waals surface area contributed by atoms with Crippen LogP contribution < -0.4 is 20.8 Å². The molecule has 190 valence electrons. The van der Waals surface area contributed by atoms with E-state index in [4.69, 9.17) is 0 Å². The second-order valence-electron chi connectivity index (χ2n) is 9.67. The summed E-state index contributed by atoms with van der Waals surface area (Å²) in [7, 11) is 0. The van der Waals surface area contributed by atoms with E-state index in [-0.39, 0.29) is 23.5 Å². The van der Waals surface area contributed by atoms with Crippen LogP contribution in [0.3, 0.4) is 0 Å². The Labute approximate surface area is 218 Å². The Morgan fingerprint density at radius 3 is 2.79 bits per heavy atom. The predicted octanol–water partition coefficient (Wildman–Crippen LogP) is 4.47. The first-order valence-corrected chi connectivity index (χ1v) is 12.4. The molecule has 1 aliphatic heterocycles. The van der Waals surface area contributed by atoms with E-state index in [1.807, 2.05) is 43.4 Å². The van der Waals surface area contributed by atoms with Crippen molar-refractivity contribution in [3.05, 3.63) is 88.3 Å². The number of aromatic amines is 3. The fraction of sp³-hybridized carbons (Fsp3) is 0.133. The van der Waals surface area contributed by atoms with Gasteiger partial charge in [0.1, 0.15) is 17.1 Å². The SMILES string of the molecule is C=c1cc(C(=O)Nc2ccc3[nH]c(C(=O)N4CC(C)c5c4cc(O)c4[nH]ccc54)cc3c2)[nH]/c1=C/C=C\C. The molecule has 0 saturated carbocycles. The van der Waals surface area contributed by atoms with Gasteiger partial charge >= 0.3 is 0 Å². The van der Waals surface area contributed by atoms with Gasteiger partial charge in [-0.05, 0) is 60.2 Å². The quantitative estimate of drug-likeness (QED) is 0.248. The zero-order chi connectivity index (χ0) is 26.6. The van der Waals surface area contributed by atoms with Gasteiger partial charge in [0.2, 0.25) is 0 Å². The van der Waals surface area contributed by atoms with Gasteiger partial charge in [-0.1, -0.05) is 25.7 Å².